The second kappa shape index (κ2) is 3.99. The van der Waals surface area contributed by atoms with Gasteiger partial charge in [-0.2, -0.15) is 0 Å². The fraction of sp³-hybridized carbons (Fsp3) is 0.273. The molecule has 0 aromatic heterocycles. The molecule has 0 heterocycles. The van der Waals surface area contributed by atoms with Crippen LogP contribution in [0.1, 0.15) is 46.0 Å². The van der Waals surface area contributed by atoms with Crippen molar-refractivity contribution in [3.05, 3.63) is 34.9 Å². The van der Waals surface area contributed by atoms with Gasteiger partial charge in [0.05, 0.1) is 0 Å². The molecular formula is C11H12O2. The van der Waals surface area contributed by atoms with Crippen molar-refractivity contribution in [3.8, 4) is 0 Å². The van der Waals surface area contributed by atoms with Gasteiger partial charge < -0.3 is 0 Å². The Balaban J connectivity index is 3.20. The maximum absolute atomic E-state index is 10.6. The minimum Gasteiger partial charge on any atom is -0.298 e. The Morgan fingerprint density at radius 3 is 2.15 bits per heavy atom. The van der Waals surface area contributed by atoms with E-state index in [2.05, 4.69) is 0 Å². The molecule has 0 aliphatic rings. The van der Waals surface area contributed by atoms with E-state index in [1.54, 1.807) is 12.1 Å². The molecule has 2 nitrogen and oxygen atoms in total. The molecule has 0 saturated carbocycles. The molecule has 0 aliphatic heterocycles. The Morgan fingerprint density at radius 2 is 1.69 bits per heavy atom. The summed E-state index contributed by atoms with van der Waals surface area (Å²) in [5, 5.41) is 0. The van der Waals surface area contributed by atoms with E-state index in [1.165, 1.54) is 0 Å². The maximum atomic E-state index is 10.6. The average molecular weight is 176 g/mol. The van der Waals surface area contributed by atoms with Crippen LogP contribution in [-0.2, 0) is 0 Å². The predicted molar refractivity (Wildman–Crippen MR) is 51.3 cm³/mol. The van der Waals surface area contributed by atoms with Crippen molar-refractivity contribution in [1.29, 1.82) is 0 Å². The Hall–Kier alpha value is -1.44. The molecule has 0 N–H and O–H groups in total. The van der Waals surface area contributed by atoms with Crippen molar-refractivity contribution < 1.29 is 9.59 Å². The highest BCUT2D eigenvalue weighted by atomic mass is 16.1. The van der Waals surface area contributed by atoms with Crippen LogP contribution in [-0.4, -0.2) is 12.6 Å². The van der Waals surface area contributed by atoms with Gasteiger partial charge in [0.25, 0.3) is 0 Å². The Bertz CT molecular complexity index is 327. The molecule has 1 rings (SSSR count). The molecule has 0 amide bonds. The molecule has 1 aromatic carbocycles. The molecule has 68 valence electrons. The zero-order valence-corrected chi connectivity index (χ0v) is 7.78. The molecule has 0 bridgehead atoms. The van der Waals surface area contributed by atoms with Crippen LogP contribution in [0.25, 0.3) is 0 Å². The van der Waals surface area contributed by atoms with Gasteiger partial charge in [-0.05, 0) is 17.5 Å². The van der Waals surface area contributed by atoms with Crippen molar-refractivity contribution in [3.63, 3.8) is 0 Å². The van der Waals surface area contributed by atoms with E-state index in [4.69, 9.17) is 0 Å². The topological polar surface area (TPSA) is 34.1 Å². The van der Waals surface area contributed by atoms with Crippen LogP contribution in [0.5, 0.6) is 0 Å². The number of hydrogen-bond donors (Lipinski definition) is 0. The fourth-order valence-corrected chi connectivity index (χ4v) is 1.16. The zero-order valence-electron chi connectivity index (χ0n) is 7.78. The summed E-state index contributed by atoms with van der Waals surface area (Å²) in [6, 6.07) is 5.33. The number of benzene rings is 1. The SMILES string of the molecule is CC(C)c1ccc(C=O)c(C=O)c1. The molecule has 0 fully saturated rings. The molecule has 0 spiro atoms. The first kappa shape index (κ1) is 9.65. The number of hydrogen-bond acceptors (Lipinski definition) is 2. The van der Waals surface area contributed by atoms with Crippen LogP contribution in [0, 0.1) is 0 Å². The number of rotatable bonds is 3. The average Bonchev–Trinajstić information content (AvgIpc) is 2.16. The smallest absolute Gasteiger partial charge is 0.150 e. The summed E-state index contributed by atoms with van der Waals surface area (Å²) in [6.45, 7) is 4.09. The summed E-state index contributed by atoms with van der Waals surface area (Å²) in [5.74, 6) is 0.374. The minimum atomic E-state index is 0.374. The molecule has 13 heavy (non-hydrogen) atoms. The molecule has 2 heteroatoms. The van der Waals surface area contributed by atoms with Crippen molar-refractivity contribution in [2.45, 2.75) is 19.8 Å². The monoisotopic (exact) mass is 176 g/mol. The maximum Gasteiger partial charge on any atom is 0.150 e. The number of carbonyl (C=O) groups is 2. The van der Waals surface area contributed by atoms with E-state index in [0.29, 0.717) is 23.3 Å². The molecule has 1 aromatic rings. The van der Waals surface area contributed by atoms with Gasteiger partial charge in [-0.15, -0.1) is 0 Å². The summed E-state index contributed by atoms with van der Waals surface area (Å²) < 4.78 is 0. The first-order valence-electron chi connectivity index (χ1n) is 4.23. The first-order chi connectivity index (χ1) is 6.19. The lowest BCUT2D eigenvalue weighted by Gasteiger charge is -2.06. The second-order valence-corrected chi connectivity index (χ2v) is 3.28. The Labute approximate surface area is 77.6 Å². The minimum absolute atomic E-state index is 0.374. The fourth-order valence-electron chi connectivity index (χ4n) is 1.16. The van der Waals surface area contributed by atoms with Gasteiger partial charge in [0.1, 0.15) is 0 Å². The third-order valence-electron chi connectivity index (χ3n) is 2.03. The summed E-state index contributed by atoms with van der Waals surface area (Å²) in [5.41, 5.74) is 2.01. The van der Waals surface area contributed by atoms with E-state index < -0.39 is 0 Å². The van der Waals surface area contributed by atoms with Crippen molar-refractivity contribution in [2.24, 2.45) is 0 Å². The molecule has 0 atom stereocenters. The van der Waals surface area contributed by atoms with Crippen LogP contribution in [0.15, 0.2) is 18.2 Å². The van der Waals surface area contributed by atoms with E-state index >= 15 is 0 Å². The zero-order chi connectivity index (χ0) is 9.84. The van der Waals surface area contributed by atoms with Crippen LogP contribution in [0.4, 0.5) is 0 Å². The van der Waals surface area contributed by atoms with Gasteiger partial charge in [-0.3, -0.25) is 9.59 Å². The summed E-state index contributed by atoms with van der Waals surface area (Å²) in [6.07, 6.45) is 1.42. The van der Waals surface area contributed by atoms with Crippen molar-refractivity contribution in [2.75, 3.05) is 0 Å². The number of aldehydes is 2. The predicted octanol–water partition coefficient (Wildman–Crippen LogP) is 2.44. The standard InChI is InChI=1S/C11H12O2/c1-8(2)9-3-4-10(6-12)11(5-9)7-13/h3-8H,1-2H3. The highest BCUT2D eigenvalue weighted by molar-refractivity contribution is 5.90. The molecule has 0 unspecified atom stereocenters. The first-order valence-corrected chi connectivity index (χ1v) is 4.23. The normalized spacial score (nSPS) is 10.1. The van der Waals surface area contributed by atoms with Gasteiger partial charge in [-0.1, -0.05) is 26.0 Å². The van der Waals surface area contributed by atoms with Crippen molar-refractivity contribution in [1.82, 2.24) is 0 Å². The summed E-state index contributed by atoms with van der Waals surface area (Å²) in [7, 11) is 0. The van der Waals surface area contributed by atoms with Crippen molar-refractivity contribution >= 4 is 12.6 Å². The van der Waals surface area contributed by atoms with Crippen LogP contribution < -0.4 is 0 Å². The van der Waals surface area contributed by atoms with Gasteiger partial charge in [0, 0.05) is 11.1 Å². The van der Waals surface area contributed by atoms with Crippen LogP contribution in [0.3, 0.4) is 0 Å². The lowest BCUT2D eigenvalue weighted by atomic mass is 9.98. The molecule has 0 saturated heterocycles. The lowest BCUT2D eigenvalue weighted by molar-refractivity contribution is 0.109. The Morgan fingerprint density at radius 1 is 1.08 bits per heavy atom. The molecular weight excluding hydrogens is 164 g/mol. The van der Waals surface area contributed by atoms with Gasteiger partial charge in [-0.25, -0.2) is 0 Å². The third-order valence-corrected chi connectivity index (χ3v) is 2.03. The summed E-state index contributed by atoms with van der Waals surface area (Å²) >= 11 is 0. The molecule has 0 radical (unpaired) electrons. The second-order valence-electron chi connectivity index (χ2n) is 3.28. The van der Waals surface area contributed by atoms with E-state index in [-0.39, 0.29) is 0 Å². The van der Waals surface area contributed by atoms with Gasteiger partial charge >= 0.3 is 0 Å². The highest BCUT2D eigenvalue weighted by Crippen LogP contribution is 2.16. The van der Waals surface area contributed by atoms with E-state index in [1.807, 2.05) is 19.9 Å². The highest BCUT2D eigenvalue weighted by Gasteiger charge is 2.04. The largest absolute Gasteiger partial charge is 0.298 e. The van der Waals surface area contributed by atoms with Crippen LogP contribution in [0.2, 0.25) is 0 Å². The number of carbonyl (C=O) groups excluding carboxylic acids is 2. The van der Waals surface area contributed by atoms with Gasteiger partial charge in [0.15, 0.2) is 12.6 Å². The quantitative estimate of drug-likeness (QED) is 0.663. The summed E-state index contributed by atoms with van der Waals surface area (Å²) in [4.78, 5) is 21.1. The van der Waals surface area contributed by atoms with Gasteiger partial charge in [0.2, 0.25) is 0 Å². The van der Waals surface area contributed by atoms with Crippen LogP contribution >= 0.6 is 0 Å². The lowest BCUT2D eigenvalue weighted by Crippen LogP contribution is -1.94. The molecule has 0 aliphatic carbocycles. The third kappa shape index (κ3) is 2.02. The Kier molecular flexibility index (Phi) is 2.96. The van der Waals surface area contributed by atoms with E-state index in [0.717, 1.165) is 11.8 Å². The van der Waals surface area contributed by atoms with E-state index in [9.17, 15) is 9.59 Å².